The maximum atomic E-state index is 10.6. The summed E-state index contributed by atoms with van der Waals surface area (Å²) in [4.78, 5) is 12.6. The van der Waals surface area contributed by atoms with Crippen LogP contribution in [0.2, 0.25) is 0 Å². The highest BCUT2D eigenvalue weighted by atomic mass is 16.5. The van der Waals surface area contributed by atoms with E-state index >= 15 is 0 Å². The highest BCUT2D eigenvalue weighted by molar-refractivity contribution is 5.69. The molecule has 0 saturated carbocycles. The van der Waals surface area contributed by atoms with E-state index in [0.29, 0.717) is 19.8 Å². The van der Waals surface area contributed by atoms with E-state index < -0.39 is 5.97 Å². The molecule has 5 nitrogen and oxygen atoms in total. The van der Waals surface area contributed by atoms with Crippen LogP contribution in [0.15, 0.2) is 54.6 Å². The first-order valence-corrected chi connectivity index (χ1v) is 8.73. The summed E-state index contributed by atoms with van der Waals surface area (Å²) in [6.07, 6.45) is -0.151. The van der Waals surface area contributed by atoms with Crippen molar-refractivity contribution in [1.29, 1.82) is 0 Å². The molecule has 2 aromatic carbocycles. The molecule has 0 fully saturated rings. The fourth-order valence-electron chi connectivity index (χ4n) is 2.62. The van der Waals surface area contributed by atoms with E-state index in [1.807, 2.05) is 61.6 Å². The number of carboxylic acid groups (broad SMARTS) is 1. The second kappa shape index (κ2) is 11.0. The zero-order valence-corrected chi connectivity index (χ0v) is 15.7. The number of carboxylic acids is 1. The Bertz CT molecular complexity index is 780. The van der Waals surface area contributed by atoms with Gasteiger partial charge < -0.3 is 14.6 Å². The molecule has 1 atom stereocenters. The third kappa shape index (κ3) is 7.14. The van der Waals surface area contributed by atoms with Gasteiger partial charge in [-0.15, -0.1) is 0 Å². The fourth-order valence-corrected chi connectivity index (χ4v) is 2.62. The SMILES string of the molecule is COc1cccc(C(COCc2ccccc2)N(C)CC#CCC(=O)O)c1. The Kier molecular flexibility index (Phi) is 8.37. The van der Waals surface area contributed by atoms with E-state index in [2.05, 4.69) is 16.7 Å². The molecular weight excluding hydrogens is 342 g/mol. The van der Waals surface area contributed by atoms with Crippen LogP contribution in [0.1, 0.15) is 23.6 Å². The predicted octanol–water partition coefficient (Wildman–Crippen LogP) is 3.36. The Morgan fingerprint density at radius 2 is 1.93 bits per heavy atom. The number of nitrogens with zero attached hydrogens (tertiary/aromatic N) is 1. The molecule has 2 aromatic rings. The van der Waals surface area contributed by atoms with Crippen LogP contribution < -0.4 is 4.74 Å². The second-order valence-electron chi connectivity index (χ2n) is 6.13. The van der Waals surface area contributed by atoms with Gasteiger partial charge in [0.05, 0.1) is 32.9 Å². The Labute approximate surface area is 160 Å². The van der Waals surface area contributed by atoms with Crippen molar-refractivity contribution < 1.29 is 19.4 Å². The van der Waals surface area contributed by atoms with Crippen molar-refractivity contribution >= 4 is 5.97 Å². The highest BCUT2D eigenvalue weighted by Crippen LogP contribution is 2.24. The summed E-state index contributed by atoms with van der Waals surface area (Å²) in [6.45, 7) is 1.46. The number of carbonyl (C=O) groups is 1. The first-order valence-electron chi connectivity index (χ1n) is 8.73. The predicted molar refractivity (Wildman–Crippen MR) is 104 cm³/mol. The molecule has 0 heterocycles. The van der Waals surface area contributed by atoms with Gasteiger partial charge in [-0.05, 0) is 30.3 Å². The number of benzene rings is 2. The van der Waals surface area contributed by atoms with E-state index in [1.54, 1.807) is 7.11 Å². The van der Waals surface area contributed by atoms with E-state index in [4.69, 9.17) is 14.6 Å². The molecule has 0 radical (unpaired) electrons. The van der Waals surface area contributed by atoms with E-state index in [0.717, 1.165) is 16.9 Å². The molecule has 1 unspecified atom stereocenters. The highest BCUT2D eigenvalue weighted by Gasteiger charge is 2.17. The van der Waals surface area contributed by atoms with Crippen LogP contribution in [0.3, 0.4) is 0 Å². The summed E-state index contributed by atoms with van der Waals surface area (Å²) < 4.78 is 11.3. The fraction of sp³-hybridized carbons (Fsp3) is 0.318. The molecule has 142 valence electrons. The summed E-state index contributed by atoms with van der Waals surface area (Å²) in [6, 6.07) is 17.8. The van der Waals surface area contributed by atoms with Crippen molar-refractivity contribution in [3.05, 3.63) is 65.7 Å². The van der Waals surface area contributed by atoms with Gasteiger partial charge in [0.1, 0.15) is 12.2 Å². The number of likely N-dealkylation sites (N-methyl/N-ethyl adjacent to an activating group) is 1. The van der Waals surface area contributed by atoms with Crippen LogP contribution >= 0.6 is 0 Å². The summed E-state index contributed by atoms with van der Waals surface area (Å²) in [5.41, 5.74) is 2.18. The lowest BCUT2D eigenvalue weighted by molar-refractivity contribution is -0.135. The number of rotatable bonds is 9. The van der Waals surface area contributed by atoms with Crippen LogP contribution in [-0.4, -0.2) is 43.3 Å². The maximum absolute atomic E-state index is 10.6. The van der Waals surface area contributed by atoms with Gasteiger partial charge in [-0.1, -0.05) is 54.3 Å². The molecule has 27 heavy (non-hydrogen) atoms. The van der Waals surface area contributed by atoms with Gasteiger partial charge in [-0.3, -0.25) is 9.69 Å². The number of hydrogen-bond acceptors (Lipinski definition) is 4. The summed E-state index contributed by atoms with van der Waals surface area (Å²) >= 11 is 0. The summed E-state index contributed by atoms with van der Waals surface area (Å²) in [5, 5.41) is 8.70. The van der Waals surface area contributed by atoms with Crippen molar-refractivity contribution in [3.8, 4) is 17.6 Å². The molecule has 0 aliphatic carbocycles. The third-order valence-electron chi connectivity index (χ3n) is 4.09. The first-order chi connectivity index (χ1) is 13.1. The lowest BCUT2D eigenvalue weighted by Crippen LogP contribution is -2.28. The minimum absolute atomic E-state index is 0.0251. The molecule has 0 bridgehead atoms. The second-order valence-corrected chi connectivity index (χ2v) is 6.13. The number of methoxy groups -OCH3 is 1. The molecule has 5 heteroatoms. The van der Waals surface area contributed by atoms with Crippen molar-refractivity contribution in [3.63, 3.8) is 0 Å². The number of hydrogen-bond donors (Lipinski definition) is 1. The van der Waals surface area contributed by atoms with E-state index in [1.165, 1.54) is 0 Å². The zero-order valence-electron chi connectivity index (χ0n) is 15.7. The van der Waals surface area contributed by atoms with Crippen LogP contribution in [0.25, 0.3) is 0 Å². The van der Waals surface area contributed by atoms with E-state index in [-0.39, 0.29) is 12.5 Å². The summed E-state index contributed by atoms with van der Waals surface area (Å²) in [5.74, 6) is 5.45. The van der Waals surface area contributed by atoms with Crippen LogP contribution in [0.5, 0.6) is 5.75 Å². The molecular formula is C22H25NO4. The molecule has 0 saturated heterocycles. The Hall–Kier alpha value is -2.81. The summed E-state index contributed by atoms with van der Waals surface area (Å²) in [7, 11) is 3.59. The molecule has 0 aliphatic heterocycles. The lowest BCUT2D eigenvalue weighted by atomic mass is 10.1. The van der Waals surface area contributed by atoms with Gasteiger partial charge in [0.25, 0.3) is 0 Å². The molecule has 0 aromatic heterocycles. The molecule has 2 rings (SSSR count). The van der Waals surface area contributed by atoms with Gasteiger partial charge in [0, 0.05) is 0 Å². The van der Waals surface area contributed by atoms with Gasteiger partial charge in [-0.25, -0.2) is 0 Å². The average Bonchev–Trinajstić information content (AvgIpc) is 2.69. The van der Waals surface area contributed by atoms with Crippen LogP contribution in [-0.2, 0) is 16.1 Å². The third-order valence-corrected chi connectivity index (χ3v) is 4.09. The Morgan fingerprint density at radius 3 is 2.63 bits per heavy atom. The average molecular weight is 367 g/mol. The van der Waals surface area contributed by atoms with E-state index in [9.17, 15) is 4.79 Å². The standard InChI is InChI=1S/C22H25NO4/c1-23(14-7-6-13-22(24)25)21(19-11-8-12-20(15-19)26-2)17-27-16-18-9-4-3-5-10-18/h3-5,8-12,15,21H,13-14,16-17H2,1-2H3,(H,24,25). The van der Waals surface area contributed by atoms with Crippen LogP contribution in [0, 0.1) is 11.8 Å². The maximum Gasteiger partial charge on any atom is 0.315 e. The minimum Gasteiger partial charge on any atom is -0.497 e. The minimum atomic E-state index is -0.916. The van der Waals surface area contributed by atoms with Crippen molar-refractivity contribution in [1.82, 2.24) is 4.90 Å². The van der Waals surface area contributed by atoms with Gasteiger partial charge in [0.2, 0.25) is 0 Å². The molecule has 1 N–H and O–H groups in total. The lowest BCUT2D eigenvalue weighted by Gasteiger charge is -2.27. The van der Waals surface area contributed by atoms with Crippen molar-refractivity contribution in [2.24, 2.45) is 0 Å². The monoisotopic (exact) mass is 367 g/mol. The Balaban J connectivity index is 2.06. The molecule has 0 aliphatic rings. The Morgan fingerprint density at radius 1 is 1.15 bits per heavy atom. The molecule has 0 amide bonds. The zero-order chi connectivity index (χ0) is 19.5. The van der Waals surface area contributed by atoms with Gasteiger partial charge in [-0.2, -0.15) is 0 Å². The number of aliphatic carboxylic acids is 1. The molecule has 0 spiro atoms. The topological polar surface area (TPSA) is 59.0 Å². The van der Waals surface area contributed by atoms with Crippen molar-refractivity contribution in [2.75, 3.05) is 27.3 Å². The van der Waals surface area contributed by atoms with Gasteiger partial charge >= 0.3 is 5.97 Å². The van der Waals surface area contributed by atoms with Gasteiger partial charge in [0.15, 0.2) is 0 Å². The normalized spacial score (nSPS) is 11.5. The van der Waals surface area contributed by atoms with Crippen molar-refractivity contribution in [2.45, 2.75) is 19.1 Å². The largest absolute Gasteiger partial charge is 0.497 e. The number of ether oxygens (including phenoxy) is 2. The first kappa shape index (κ1) is 20.5. The smallest absolute Gasteiger partial charge is 0.315 e. The van der Waals surface area contributed by atoms with Crippen LogP contribution in [0.4, 0.5) is 0 Å². The quantitative estimate of drug-likeness (QED) is 0.689.